The van der Waals surface area contributed by atoms with E-state index in [9.17, 15) is 4.79 Å². The molecule has 0 aliphatic heterocycles. The van der Waals surface area contributed by atoms with E-state index in [1.54, 1.807) is 17.4 Å². The van der Waals surface area contributed by atoms with Crippen LogP contribution in [0.25, 0.3) is 6.08 Å². The van der Waals surface area contributed by atoms with Crippen LogP contribution in [0, 0.1) is 0 Å². The summed E-state index contributed by atoms with van der Waals surface area (Å²) in [4.78, 5) is 13.4. The van der Waals surface area contributed by atoms with Gasteiger partial charge in [0, 0.05) is 4.88 Å². The van der Waals surface area contributed by atoms with E-state index in [-0.39, 0.29) is 5.78 Å². The molecular weight excluding hydrogens is 212 g/mol. The second-order valence-corrected chi connectivity index (χ2v) is 4.62. The van der Waals surface area contributed by atoms with Crippen LogP contribution in [-0.2, 0) is 0 Å². The van der Waals surface area contributed by atoms with Crippen molar-refractivity contribution in [2.24, 2.45) is 0 Å². The first-order valence-corrected chi connectivity index (χ1v) is 5.91. The molecule has 0 atom stereocenters. The number of thiophene rings is 2. The number of allylic oxidation sites excluding steroid dienone is 1. The van der Waals surface area contributed by atoms with E-state index in [4.69, 9.17) is 0 Å². The minimum Gasteiger partial charge on any atom is -0.288 e. The van der Waals surface area contributed by atoms with Crippen molar-refractivity contribution in [2.75, 3.05) is 0 Å². The van der Waals surface area contributed by atoms with Gasteiger partial charge in [0.2, 0.25) is 0 Å². The van der Waals surface area contributed by atoms with E-state index in [2.05, 4.69) is 0 Å². The van der Waals surface area contributed by atoms with E-state index >= 15 is 0 Å². The van der Waals surface area contributed by atoms with Crippen molar-refractivity contribution < 1.29 is 4.79 Å². The lowest BCUT2D eigenvalue weighted by atomic mass is 10.3. The quantitative estimate of drug-likeness (QED) is 0.569. The number of hydrogen-bond donors (Lipinski definition) is 0. The van der Waals surface area contributed by atoms with Gasteiger partial charge in [0.1, 0.15) is 0 Å². The molecule has 14 heavy (non-hydrogen) atoms. The predicted molar refractivity (Wildman–Crippen MR) is 62.0 cm³/mol. The maximum Gasteiger partial charge on any atom is 0.195 e. The topological polar surface area (TPSA) is 17.1 Å². The van der Waals surface area contributed by atoms with Crippen molar-refractivity contribution in [1.29, 1.82) is 0 Å². The average molecular weight is 220 g/mol. The van der Waals surface area contributed by atoms with Gasteiger partial charge in [-0.15, -0.1) is 22.7 Å². The molecule has 2 heterocycles. The maximum absolute atomic E-state index is 11.5. The Balaban J connectivity index is 2.09. The highest BCUT2D eigenvalue weighted by atomic mass is 32.1. The molecule has 0 aromatic carbocycles. The zero-order valence-corrected chi connectivity index (χ0v) is 8.98. The molecule has 0 aliphatic rings. The number of hydrogen-bond acceptors (Lipinski definition) is 3. The molecule has 0 aliphatic carbocycles. The summed E-state index contributed by atoms with van der Waals surface area (Å²) in [5.74, 6) is 0.0772. The zero-order chi connectivity index (χ0) is 9.80. The third-order valence-electron chi connectivity index (χ3n) is 1.71. The molecule has 0 unspecified atom stereocenters. The molecule has 70 valence electrons. The van der Waals surface area contributed by atoms with Crippen molar-refractivity contribution in [3.8, 4) is 0 Å². The summed E-state index contributed by atoms with van der Waals surface area (Å²) in [5.41, 5.74) is 0. The lowest BCUT2D eigenvalue weighted by molar-refractivity contribution is 0.105. The van der Waals surface area contributed by atoms with Crippen LogP contribution in [0.15, 0.2) is 41.1 Å². The molecule has 2 rings (SSSR count). The summed E-state index contributed by atoms with van der Waals surface area (Å²) in [6, 6.07) is 7.69. The Labute approximate surface area is 90.3 Å². The van der Waals surface area contributed by atoms with E-state index in [0.29, 0.717) is 0 Å². The molecule has 0 spiro atoms. The van der Waals surface area contributed by atoms with Gasteiger partial charge in [-0.2, -0.15) is 0 Å². The minimum atomic E-state index is 0.0772. The lowest BCUT2D eigenvalue weighted by Crippen LogP contribution is -1.87. The number of rotatable bonds is 3. The Bertz CT molecular complexity index is 424. The van der Waals surface area contributed by atoms with Gasteiger partial charge in [-0.05, 0) is 35.0 Å². The molecule has 0 saturated heterocycles. The van der Waals surface area contributed by atoms with Gasteiger partial charge in [-0.1, -0.05) is 12.1 Å². The van der Waals surface area contributed by atoms with Crippen LogP contribution < -0.4 is 0 Å². The van der Waals surface area contributed by atoms with Gasteiger partial charge in [-0.25, -0.2) is 0 Å². The Morgan fingerprint density at radius 3 is 2.57 bits per heavy atom. The summed E-state index contributed by atoms with van der Waals surface area (Å²) >= 11 is 3.10. The zero-order valence-electron chi connectivity index (χ0n) is 7.34. The van der Waals surface area contributed by atoms with Crippen molar-refractivity contribution in [2.45, 2.75) is 0 Å². The largest absolute Gasteiger partial charge is 0.288 e. The van der Waals surface area contributed by atoms with Gasteiger partial charge in [0.05, 0.1) is 4.88 Å². The Hall–Kier alpha value is -1.19. The summed E-state index contributed by atoms with van der Waals surface area (Å²) in [5, 5.41) is 3.90. The molecule has 0 radical (unpaired) electrons. The smallest absolute Gasteiger partial charge is 0.195 e. The monoisotopic (exact) mass is 220 g/mol. The summed E-state index contributed by atoms with van der Waals surface area (Å²) in [6.07, 6.45) is 3.48. The average Bonchev–Trinajstić information content (AvgIpc) is 2.87. The first-order chi connectivity index (χ1) is 6.86. The molecule has 0 bridgehead atoms. The first-order valence-electron chi connectivity index (χ1n) is 4.16. The fraction of sp³-hybridized carbons (Fsp3) is 0. The molecule has 1 nitrogen and oxygen atoms in total. The van der Waals surface area contributed by atoms with Crippen molar-refractivity contribution >= 4 is 34.5 Å². The summed E-state index contributed by atoms with van der Waals surface area (Å²) in [6.45, 7) is 0. The highest BCUT2D eigenvalue weighted by Crippen LogP contribution is 2.13. The van der Waals surface area contributed by atoms with Crippen LogP contribution >= 0.6 is 22.7 Å². The van der Waals surface area contributed by atoms with Gasteiger partial charge in [0.25, 0.3) is 0 Å². The number of ketones is 1. The van der Waals surface area contributed by atoms with Gasteiger partial charge >= 0.3 is 0 Å². The van der Waals surface area contributed by atoms with Crippen molar-refractivity contribution in [3.63, 3.8) is 0 Å². The Kier molecular flexibility index (Phi) is 2.91. The van der Waals surface area contributed by atoms with Crippen LogP contribution in [0.1, 0.15) is 14.5 Å². The maximum atomic E-state index is 11.5. The summed E-state index contributed by atoms with van der Waals surface area (Å²) in [7, 11) is 0. The molecule has 0 N–H and O–H groups in total. The lowest BCUT2D eigenvalue weighted by Gasteiger charge is -1.86. The van der Waals surface area contributed by atoms with Gasteiger partial charge in [0.15, 0.2) is 5.78 Å². The third kappa shape index (κ3) is 2.19. The molecule has 0 amide bonds. The minimum absolute atomic E-state index is 0.0772. The van der Waals surface area contributed by atoms with E-state index in [1.807, 2.05) is 41.1 Å². The fourth-order valence-electron chi connectivity index (χ4n) is 1.04. The fourth-order valence-corrected chi connectivity index (χ4v) is 2.31. The second kappa shape index (κ2) is 4.35. The van der Waals surface area contributed by atoms with Crippen LogP contribution in [0.3, 0.4) is 0 Å². The molecule has 0 fully saturated rings. The highest BCUT2D eigenvalue weighted by molar-refractivity contribution is 7.12. The predicted octanol–water partition coefficient (Wildman–Crippen LogP) is 3.71. The molecular formula is C11H8OS2. The van der Waals surface area contributed by atoms with E-state index < -0.39 is 0 Å². The summed E-state index contributed by atoms with van der Waals surface area (Å²) < 4.78 is 0. The van der Waals surface area contributed by atoms with Crippen LogP contribution in [-0.4, -0.2) is 5.78 Å². The number of carbonyl (C=O) groups excluding carboxylic acids is 1. The normalized spacial score (nSPS) is 10.9. The molecule has 2 aromatic rings. The standard InChI is InChI=1S/C11H8OS2/c12-10(11-4-2-8-14-11)6-5-9-3-1-7-13-9/h1-8H/b6-5+. The van der Waals surface area contributed by atoms with Crippen molar-refractivity contribution in [1.82, 2.24) is 0 Å². The first kappa shape index (κ1) is 9.37. The SMILES string of the molecule is O=C(/C=C/c1cccs1)c1cccs1. The molecule has 2 aromatic heterocycles. The van der Waals surface area contributed by atoms with Crippen LogP contribution in [0.4, 0.5) is 0 Å². The van der Waals surface area contributed by atoms with E-state index in [0.717, 1.165) is 9.75 Å². The van der Waals surface area contributed by atoms with Crippen LogP contribution in [0.2, 0.25) is 0 Å². The molecule has 0 saturated carbocycles. The Morgan fingerprint density at radius 1 is 1.14 bits per heavy atom. The Morgan fingerprint density at radius 2 is 1.93 bits per heavy atom. The van der Waals surface area contributed by atoms with Gasteiger partial charge < -0.3 is 0 Å². The number of carbonyl (C=O) groups is 1. The third-order valence-corrected chi connectivity index (χ3v) is 3.43. The van der Waals surface area contributed by atoms with Gasteiger partial charge in [-0.3, -0.25) is 4.79 Å². The van der Waals surface area contributed by atoms with Crippen LogP contribution in [0.5, 0.6) is 0 Å². The second-order valence-electron chi connectivity index (χ2n) is 2.69. The van der Waals surface area contributed by atoms with Crippen molar-refractivity contribution in [3.05, 3.63) is 50.9 Å². The highest BCUT2D eigenvalue weighted by Gasteiger charge is 2.01. The molecule has 3 heteroatoms. The van der Waals surface area contributed by atoms with E-state index in [1.165, 1.54) is 11.3 Å².